The SMILES string of the molecule is Cn1ccc(CNS(=O)(=O)c2ccc(CC#N)cc2)c1. The van der Waals surface area contributed by atoms with Crippen LogP contribution < -0.4 is 4.72 Å². The standard InChI is InChI=1S/C14H15N3O2S/c1-17-9-7-13(11-17)10-16-20(18,19)14-4-2-12(3-5-14)6-8-15/h2-5,7,9,11,16H,6,10H2,1H3. The first-order valence-corrected chi connectivity index (χ1v) is 7.56. The molecule has 0 aliphatic rings. The first-order chi connectivity index (χ1) is 9.51. The van der Waals surface area contributed by atoms with Crippen LogP contribution in [0.3, 0.4) is 0 Å². The molecule has 0 aliphatic heterocycles. The fourth-order valence-electron chi connectivity index (χ4n) is 1.80. The largest absolute Gasteiger partial charge is 0.357 e. The van der Waals surface area contributed by atoms with Gasteiger partial charge in [0.15, 0.2) is 0 Å². The van der Waals surface area contributed by atoms with Crippen molar-refractivity contribution in [2.75, 3.05) is 0 Å². The van der Waals surface area contributed by atoms with E-state index in [-0.39, 0.29) is 17.9 Å². The van der Waals surface area contributed by atoms with Crippen molar-refractivity contribution in [3.8, 4) is 6.07 Å². The van der Waals surface area contributed by atoms with Crippen LogP contribution in [0.4, 0.5) is 0 Å². The van der Waals surface area contributed by atoms with E-state index >= 15 is 0 Å². The van der Waals surface area contributed by atoms with Crippen LogP contribution in [-0.2, 0) is 30.0 Å². The average molecular weight is 289 g/mol. The number of nitriles is 1. The number of aromatic nitrogens is 1. The van der Waals surface area contributed by atoms with Crippen LogP contribution in [0, 0.1) is 11.3 Å². The second-order valence-electron chi connectivity index (χ2n) is 4.49. The number of aryl methyl sites for hydroxylation is 1. The number of sulfonamides is 1. The van der Waals surface area contributed by atoms with Crippen LogP contribution in [0.1, 0.15) is 11.1 Å². The third-order valence-electron chi connectivity index (χ3n) is 2.88. The van der Waals surface area contributed by atoms with E-state index in [2.05, 4.69) is 4.72 Å². The Balaban J connectivity index is 2.08. The molecule has 0 amide bonds. The highest BCUT2D eigenvalue weighted by Crippen LogP contribution is 2.11. The minimum Gasteiger partial charge on any atom is -0.357 e. The Kier molecular flexibility index (Phi) is 4.23. The molecule has 0 fully saturated rings. The van der Waals surface area contributed by atoms with Crippen molar-refractivity contribution >= 4 is 10.0 Å². The fourth-order valence-corrected chi connectivity index (χ4v) is 2.82. The Morgan fingerprint density at radius 2 is 1.90 bits per heavy atom. The summed E-state index contributed by atoms with van der Waals surface area (Å²) in [6.45, 7) is 0.253. The summed E-state index contributed by atoms with van der Waals surface area (Å²) in [6, 6.07) is 10.2. The zero-order valence-corrected chi connectivity index (χ0v) is 11.9. The van der Waals surface area contributed by atoms with Crippen LogP contribution in [0.15, 0.2) is 47.6 Å². The van der Waals surface area contributed by atoms with Crippen molar-refractivity contribution in [2.45, 2.75) is 17.9 Å². The Bertz CT molecular complexity index is 725. The van der Waals surface area contributed by atoms with E-state index in [1.54, 1.807) is 12.1 Å². The highest BCUT2D eigenvalue weighted by Gasteiger charge is 2.13. The molecule has 5 nitrogen and oxygen atoms in total. The minimum atomic E-state index is -3.52. The summed E-state index contributed by atoms with van der Waals surface area (Å²) in [6.07, 6.45) is 4.00. The highest BCUT2D eigenvalue weighted by molar-refractivity contribution is 7.89. The molecule has 1 aromatic heterocycles. The van der Waals surface area contributed by atoms with E-state index in [0.29, 0.717) is 0 Å². The van der Waals surface area contributed by atoms with Crippen molar-refractivity contribution in [1.82, 2.24) is 9.29 Å². The van der Waals surface area contributed by atoms with Gasteiger partial charge in [-0.3, -0.25) is 0 Å². The van der Waals surface area contributed by atoms with Gasteiger partial charge < -0.3 is 4.57 Å². The van der Waals surface area contributed by atoms with Crippen molar-refractivity contribution in [3.05, 3.63) is 53.9 Å². The second kappa shape index (κ2) is 5.90. The summed E-state index contributed by atoms with van der Waals surface area (Å²) in [7, 11) is -1.64. The van der Waals surface area contributed by atoms with Crippen LogP contribution in [0.5, 0.6) is 0 Å². The van der Waals surface area contributed by atoms with E-state index in [1.165, 1.54) is 12.1 Å². The van der Waals surface area contributed by atoms with Gasteiger partial charge in [-0.15, -0.1) is 0 Å². The number of rotatable bonds is 5. The Hall–Kier alpha value is -2.10. The summed E-state index contributed by atoms with van der Waals surface area (Å²) in [5.74, 6) is 0. The normalized spacial score (nSPS) is 11.2. The maximum Gasteiger partial charge on any atom is 0.240 e. The zero-order chi connectivity index (χ0) is 14.6. The first kappa shape index (κ1) is 14.3. The van der Waals surface area contributed by atoms with Crippen LogP contribution >= 0.6 is 0 Å². The molecule has 0 saturated heterocycles. The number of nitrogens with one attached hydrogen (secondary N) is 1. The molecule has 1 N–H and O–H groups in total. The molecule has 6 heteroatoms. The summed E-state index contributed by atoms with van der Waals surface area (Å²) in [5.41, 5.74) is 1.70. The first-order valence-electron chi connectivity index (χ1n) is 6.08. The molecular weight excluding hydrogens is 274 g/mol. The molecule has 0 unspecified atom stereocenters. The molecule has 0 saturated carbocycles. The van der Waals surface area contributed by atoms with E-state index in [1.807, 2.05) is 36.1 Å². The number of hydrogen-bond donors (Lipinski definition) is 1. The molecule has 0 radical (unpaired) electrons. The van der Waals surface area contributed by atoms with Gasteiger partial charge in [0.2, 0.25) is 10.0 Å². The predicted molar refractivity (Wildman–Crippen MR) is 75.2 cm³/mol. The molecule has 0 spiro atoms. The van der Waals surface area contributed by atoms with Gasteiger partial charge in [-0.25, -0.2) is 13.1 Å². The monoisotopic (exact) mass is 289 g/mol. The minimum absolute atomic E-state index is 0.204. The van der Waals surface area contributed by atoms with Gasteiger partial charge in [0.25, 0.3) is 0 Å². The molecular formula is C14H15N3O2S. The lowest BCUT2D eigenvalue weighted by molar-refractivity contribution is 0.581. The maximum absolute atomic E-state index is 12.1. The molecule has 1 aromatic carbocycles. The second-order valence-corrected chi connectivity index (χ2v) is 6.26. The van der Waals surface area contributed by atoms with Crippen molar-refractivity contribution in [2.24, 2.45) is 7.05 Å². The van der Waals surface area contributed by atoms with Crippen LogP contribution in [0.2, 0.25) is 0 Å². The third kappa shape index (κ3) is 3.47. The Morgan fingerprint density at radius 3 is 2.45 bits per heavy atom. The number of benzene rings is 1. The summed E-state index contributed by atoms with van der Waals surface area (Å²) >= 11 is 0. The molecule has 2 rings (SSSR count). The van der Waals surface area contributed by atoms with Gasteiger partial charge in [0.1, 0.15) is 0 Å². The Morgan fingerprint density at radius 1 is 1.20 bits per heavy atom. The molecule has 0 bridgehead atoms. The molecule has 0 atom stereocenters. The Labute approximate surface area is 118 Å². The summed E-state index contributed by atoms with van der Waals surface area (Å²) in [4.78, 5) is 0.204. The smallest absolute Gasteiger partial charge is 0.240 e. The van der Waals surface area contributed by atoms with Gasteiger partial charge in [0, 0.05) is 26.0 Å². The van der Waals surface area contributed by atoms with Gasteiger partial charge in [-0.1, -0.05) is 12.1 Å². The van der Waals surface area contributed by atoms with Gasteiger partial charge >= 0.3 is 0 Å². The highest BCUT2D eigenvalue weighted by atomic mass is 32.2. The number of hydrogen-bond acceptors (Lipinski definition) is 3. The third-order valence-corrected chi connectivity index (χ3v) is 4.29. The van der Waals surface area contributed by atoms with Gasteiger partial charge in [-0.05, 0) is 29.3 Å². The van der Waals surface area contributed by atoms with Crippen molar-refractivity contribution < 1.29 is 8.42 Å². The quantitative estimate of drug-likeness (QED) is 0.908. The average Bonchev–Trinajstić information content (AvgIpc) is 2.84. The van der Waals surface area contributed by atoms with Crippen LogP contribution in [0.25, 0.3) is 0 Å². The van der Waals surface area contributed by atoms with E-state index < -0.39 is 10.0 Å². The summed E-state index contributed by atoms with van der Waals surface area (Å²) < 4.78 is 28.6. The number of nitrogens with zero attached hydrogens (tertiary/aromatic N) is 2. The van der Waals surface area contributed by atoms with Crippen LogP contribution in [-0.4, -0.2) is 13.0 Å². The van der Waals surface area contributed by atoms with Crippen molar-refractivity contribution in [3.63, 3.8) is 0 Å². The van der Waals surface area contributed by atoms with Crippen molar-refractivity contribution in [1.29, 1.82) is 5.26 Å². The van der Waals surface area contributed by atoms with E-state index in [4.69, 9.17) is 5.26 Å². The lowest BCUT2D eigenvalue weighted by Gasteiger charge is -2.06. The lowest BCUT2D eigenvalue weighted by Crippen LogP contribution is -2.23. The molecule has 2 aromatic rings. The predicted octanol–water partition coefficient (Wildman–Crippen LogP) is 1.57. The fraction of sp³-hybridized carbons (Fsp3) is 0.214. The summed E-state index contributed by atoms with van der Waals surface area (Å²) in [5, 5.41) is 8.58. The molecule has 1 heterocycles. The van der Waals surface area contributed by atoms with Gasteiger partial charge in [-0.2, -0.15) is 5.26 Å². The van der Waals surface area contributed by atoms with Gasteiger partial charge in [0.05, 0.1) is 17.4 Å². The van der Waals surface area contributed by atoms with E-state index in [0.717, 1.165) is 11.1 Å². The van der Waals surface area contributed by atoms with E-state index in [9.17, 15) is 8.42 Å². The zero-order valence-electron chi connectivity index (χ0n) is 11.1. The molecule has 0 aliphatic carbocycles. The molecule has 104 valence electrons. The topological polar surface area (TPSA) is 74.9 Å². The lowest BCUT2D eigenvalue weighted by atomic mass is 10.2. The molecule has 20 heavy (non-hydrogen) atoms. The maximum atomic E-state index is 12.1.